The van der Waals surface area contributed by atoms with Crippen LogP contribution in [0.15, 0.2) is 5.38 Å². The number of carbonyl (C=O) groups excluding carboxylic acids is 3. The highest BCUT2D eigenvalue weighted by Gasteiger charge is 2.25. The molecule has 1 aromatic heterocycles. The van der Waals surface area contributed by atoms with Crippen LogP contribution in [0.5, 0.6) is 0 Å². The average Bonchev–Trinajstić information content (AvgIpc) is 2.93. The standard InChI is InChI=1S/C13H20N4O5S/c1-13(2,3)22-12(20)16-7(5-9(18)21-4)11-15-8(6-23-11)10(19)17-14/h6-7H,5,14H2,1-4H3,(H,16,20)(H,17,19). The second-order valence-electron chi connectivity index (χ2n) is 5.52. The monoisotopic (exact) mass is 344 g/mol. The molecule has 1 atom stereocenters. The van der Waals surface area contributed by atoms with Crippen LogP contribution in [0.3, 0.4) is 0 Å². The molecule has 1 aromatic rings. The minimum Gasteiger partial charge on any atom is -0.469 e. The number of ether oxygens (including phenoxy) is 2. The Labute approximate surface area is 137 Å². The van der Waals surface area contributed by atoms with E-state index in [1.54, 1.807) is 20.8 Å². The van der Waals surface area contributed by atoms with Gasteiger partial charge in [-0.1, -0.05) is 0 Å². The number of nitrogens with zero attached hydrogens (tertiary/aromatic N) is 1. The molecule has 0 saturated carbocycles. The SMILES string of the molecule is COC(=O)CC(NC(=O)OC(C)(C)C)c1nc(C(=O)NN)cs1. The number of thiazole rings is 1. The van der Waals surface area contributed by atoms with Gasteiger partial charge in [-0.05, 0) is 20.8 Å². The van der Waals surface area contributed by atoms with E-state index in [4.69, 9.17) is 10.6 Å². The molecule has 128 valence electrons. The Hall–Kier alpha value is -2.20. The van der Waals surface area contributed by atoms with Crippen molar-refractivity contribution in [2.45, 2.75) is 38.8 Å². The number of aromatic nitrogens is 1. The summed E-state index contributed by atoms with van der Waals surface area (Å²) in [6.07, 6.45) is -0.848. The van der Waals surface area contributed by atoms with Crippen LogP contribution in [0, 0.1) is 0 Å². The lowest BCUT2D eigenvalue weighted by atomic mass is 10.2. The van der Waals surface area contributed by atoms with E-state index in [0.717, 1.165) is 11.3 Å². The normalized spacial score (nSPS) is 12.2. The molecule has 0 aromatic carbocycles. The Balaban J connectivity index is 2.92. The van der Waals surface area contributed by atoms with Crippen LogP contribution >= 0.6 is 11.3 Å². The van der Waals surface area contributed by atoms with E-state index < -0.39 is 29.6 Å². The van der Waals surface area contributed by atoms with Crippen molar-refractivity contribution in [3.8, 4) is 0 Å². The van der Waals surface area contributed by atoms with E-state index >= 15 is 0 Å². The van der Waals surface area contributed by atoms with Crippen molar-refractivity contribution < 1.29 is 23.9 Å². The Morgan fingerprint density at radius 1 is 1.39 bits per heavy atom. The van der Waals surface area contributed by atoms with Crippen molar-refractivity contribution in [1.82, 2.24) is 15.7 Å². The molecule has 1 heterocycles. The smallest absolute Gasteiger partial charge is 0.408 e. The number of hydrazine groups is 1. The van der Waals surface area contributed by atoms with E-state index in [0.29, 0.717) is 5.01 Å². The summed E-state index contributed by atoms with van der Waals surface area (Å²) >= 11 is 1.11. The summed E-state index contributed by atoms with van der Waals surface area (Å²) in [4.78, 5) is 38.9. The zero-order valence-electron chi connectivity index (χ0n) is 13.3. The van der Waals surface area contributed by atoms with E-state index in [9.17, 15) is 14.4 Å². The third-order valence-electron chi connectivity index (χ3n) is 2.47. The van der Waals surface area contributed by atoms with Gasteiger partial charge in [-0.15, -0.1) is 11.3 Å². The maximum atomic E-state index is 11.9. The Morgan fingerprint density at radius 2 is 2.04 bits per heavy atom. The van der Waals surface area contributed by atoms with Crippen molar-refractivity contribution in [3.63, 3.8) is 0 Å². The number of nitrogen functional groups attached to an aromatic ring is 1. The molecule has 23 heavy (non-hydrogen) atoms. The third kappa shape index (κ3) is 6.20. The number of rotatable bonds is 5. The number of carbonyl (C=O) groups is 3. The van der Waals surface area contributed by atoms with Crippen molar-refractivity contribution in [2.75, 3.05) is 7.11 Å². The number of alkyl carbamates (subject to hydrolysis) is 1. The summed E-state index contributed by atoms with van der Waals surface area (Å²) in [5.41, 5.74) is 1.36. The van der Waals surface area contributed by atoms with E-state index in [2.05, 4.69) is 15.0 Å². The molecular formula is C13H20N4O5S. The highest BCUT2D eigenvalue weighted by Crippen LogP contribution is 2.22. The van der Waals surface area contributed by atoms with Crippen LogP contribution in [0.4, 0.5) is 4.79 Å². The fourth-order valence-electron chi connectivity index (χ4n) is 1.53. The molecule has 0 saturated heterocycles. The van der Waals surface area contributed by atoms with Gasteiger partial charge < -0.3 is 14.8 Å². The third-order valence-corrected chi connectivity index (χ3v) is 3.43. The highest BCUT2D eigenvalue weighted by atomic mass is 32.1. The van der Waals surface area contributed by atoms with Crippen LogP contribution in [0.25, 0.3) is 0 Å². The van der Waals surface area contributed by atoms with Crippen LogP contribution in [0.1, 0.15) is 48.7 Å². The quantitative estimate of drug-likeness (QED) is 0.312. The first-order valence-electron chi connectivity index (χ1n) is 6.69. The van der Waals surface area contributed by atoms with E-state index in [-0.39, 0.29) is 12.1 Å². The topological polar surface area (TPSA) is 133 Å². The Morgan fingerprint density at radius 3 is 2.57 bits per heavy atom. The molecular weight excluding hydrogens is 324 g/mol. The van der Waals surface area contributed by atoms with Crippen LogP contribution in [-0.4, -0.2) is 35.7 Å². The van der Waals surface area contributed by atoms with Gasteiger partial charge in [0.2, 0.25) is 0 Å². The minimum absolute atomic E-state index is 0.0911. The summed E-state index contributed by atoms with van der Waals surface area (Å²) in [6, 6.07) is -0.776. The van der Waals surface area contributed by atoms with Gasteiger partial charge in [-0.3, -0.25) is 15.0 Å². The van der Waals surface area contributed by atoms with Crippen LogP contribution in [-0.2, 0) is 14.3 Å². The molecule has 9 nitrogen and oxygen atoms in total. The Kier molecular flexibility index (Phi) is 6.46. The molecule has 10 heteroatoms. The van der Waals surface area contributed by atoms with E-state index in [1.807, 2.05) is 5.43 Å². The fraction of sp³-hybridized carbons (Fsp3) is 0.538. The van der Waals surface area contributed by atoms with Gasteiger partial charge >= 0.3 is 12.1 Å². The zero-order valence-corrected chi connectivity index (χ0v) is 14.2. The van der Waals surface area contributed by atoms with Gasteiger partial charge in [0.05, 0.1) is 19.6 Å². The number of nitrogens with two attached hydrogens (primary N) is 1. The van der Waals surface area contributed by atoms with Gasteiger partial charge in [0, 0.05) is 5.38 Å². The zero-order chi connectivity index (χ0) is 17.6. The van der Waals surface area contributed by atoms with Gasteiger partial charge in [-0.25, -0.2) is 15.6 Å². The second kappa shape index (κ2) is 7.88. The molecule has 2 amide bonds. The molecule has 0 aliphatic heterocycles. The first-order chi connectivity index (χ1) is 10.7. The Bertz CT molecular complexity index is 581. The number of amides is 2. The van der Waals surface area contributed by atoms with Gasteiger partial charge in [0.1, 0.15) is 16.3 Å². The average molecular weight is 344 g/mol. The molecule has 0 bridgehead atoms. The van der Waals surface area contributed by atoms with Crippen molar-refractivity contribution in [2.24, 2.45) is 5.84 Å². The fourth-order valence-corrected chi connectivity index (χ4v) is 2.38. The second-order valence-corrected chi connectivity index (χ2v) is 6.41. The number of hydrogen-bond acceptors (Lipinski definition) is 8. The molecule has 1 rings (SSSR count). The summed E-state index contributed by atoms with van der Waals surface area (Å²) in [6.45, 7) is 5.15. The lowest BCUT2D eigenvalue weighted by Crippen LogP contribution is -2.36. The minimum atomic E-state index is -0.776. The summed E-state index contributed by atoms with van der Waals surface area (Å²) in [5.74, 6) is 3.94. The van der Waals surface area contributed by atoms with Crippen molar-refractivity contribution in [1.29, 1.82) is 0 Å². The molecule has 0 fully saturated rings. The number of nitrogens with one attached hydrogen (secondary N) is 2. The molecule has 0 aliphatic rings. The van der Waals surface area contributed by atoms with Crippen LogP contribution in [0.2, 0.25) is 0 Å². The largest absolute Gasteiger partial charge is 0.469 e. The van der Waals surface area contributed by atoms with Crippen molar-refractivity contribution >= 4 is 29.3 Å². The first kappa shape index (κ1) is 18.8. The first-order valence-corrected chi connectivity index (χ1v) is 7.57. The highest BCUT2D eigenvalue weighted by molar-refractivity contribution is 7.09. The molecule has 0 spiro atoms. The van der Waals surface area contributed by atoms with Gasteiger partial charge in [0.25, 0.3) is 5.91 Å². The molecule has 0 radical (unpaired) electrons. The predicted octanol–water partition coefficient (Wildman–Crippen LogP) is 0.876. The van der Waals surface area contributed by atoms with Crippen LogP contribution < -0.4 is 16.6 Å². The lowest BCUT2D eigenvalue weighted by molar-refractivity contribution is -0.141. The lowest BCUT2D eigenvalue weighted by Gasteiger charge is -2.22. The maximum absolute atomic E-state index is 11.9. The molecule has 1 unspecified atom stereocenters. The van der Waals surface area contributed by atoms with Gasteiger partial charge in [0.15, 0.2) is 0 Å². The van der Waals surface area contributed by atoms with Crippen molar-refractivity contribution in [3.05, 3.63) is 16.1 Å². The number of methoxy groups -OCH3 is 1. The summed E-state index contributed by atoms with van der Waals surface area (Å²) < 4.78 is 9.76. The van der Waals surface area contributed by atoms with Gasteiger partial charge in [-0.2, -0.15) is 0 Å². The predicted molar refractivity (Wildman–Crippen MR) is 82.5 cm³/mol. The van der Waals surface area contributed by atoms with E-state index in [1.165, 1.54) is 12.5 Å². The summed E-state index contributed by atoms with van der Waals surface area (Å²) in [7, 11) is 1.24. The summed E-state index contributed by atoms with van der Waals surface area (Å²) in [5, 5.41) is 4.38. The maximum Gasteiger partial charge on any atom is 0.408 e. The molecule has 0 aliphatic carbocycles. The number of hydrogen-bond donors (Lipinski definition) is 3. The number of esters is 1. The molecule has 4 N–H and O–H groups in total.